The molecule has 0 amide bonds. The first-order valence-corrected chi connectivity index (χ1v) is 12.0. The zero-order valence-corrected chi connectivity index (χ0v) is 18.8. The number of rotatable bonds is 8. The molecule has 33 heavy (non-hydrogen) atoms. The highest BCUT2D eigenvalue weighted by Crippen LogP contribution is 2.21. The SMILES string of the molecule is O=C(CNc1ccccc1C(=O)c1ccccc1)c1ccc(S(=O)(=O)N2CCOCC2)cc1. The minimum absolute atomic E-state index is 0.0331. The summed E-state index contributed by atoms with van der Waals surface area (Å²) in [6.07, 6.45) is 0. The molecule has 1 fully saturated rings. The molecule has 0 unspecified atom stereocenters. The second-order valence-corrected chi connectivity index (χ2v) is 9.50. The minimum Gasteiger partial charge on any atom is -0.379 e. The number of carbonyl (C=O) groups is 2. The molecule has 0 aromatic heterocycles. The number of hydrogen-bond acceptors (Lipinski definition) is 6. The van der Waals surface area contributed by atoms with E-state index in [1.54, 1.807) is 48.5 Å². The van der Waals surface area contributed by atoms with Gasteiger partial charge in [0.2, 0.25) is 10.0 Å². The second kappa shape index (κ2) is 10.1. The molecule has 3 aromatic rings. The predicted molar refractivity (Wildman–Crippen MR) is 125 cm³/mol. The van der Waals surface area contributed by atoms with Crippen LogP contribution in [0, 0.1) is 0 Å². The first kappa shape index (κ1) is 22.8. The zero-order chi connectivity index (χ0) is 23.3. The first-order chi connectivity index (χ1) is 16.0. The number of nitrogens with one attached hydrogen (secondary N) is 1. The highest BCUT2D eigenvalue weighted by Gasteiger charge is 2.26. The van der Waals surface area contributed by atoms with Crippen LogP contribution in [0.3, 0.4) is 0 Å². The molecule has 1 heterocycles. The number of benzene rings is 3. The van der Waals surface area contributed by atoms with Crippen LogP contribution in [0.15, 0.2) is 83.8 Å². The van der Waals surface area contributed by atoms with Crippen molar-refractivity contribution >= 4 is 27.3 Å². The first-order valence-electron chi connectivity index (χ1n) is 10.6. The largest absolute Gasteiger partial charge is 0.379 e. The van der Waals surface area contributed by atoms with Gasteiger partial charge in [-0.15, -0.1) is 0 Å². The molecule has 0 saturated carbocycles. The van der Waals surface area contributed by atoms with Crippen LogP contribution in [-0.4, -0.2) is 57.1 Å². The fraction of sp³-hybridized carbons (Fsp3) is 0.200. The van der Waals surface area contributed by atoms with E-state index in [1.165, 1.54) is 28.6 Å². The molecule has 0 atom stereocenters. The van der Waals surface area contributed by atoms with Crippen molar-refractivity contribution in [2.75, 3.05) is 38.2 Å². The smallest absolute Gasteiger partial charge is 0.243 e. The zero-order valence-electron chi connectivity index (χ0n) is 17.9. The van der Waals surface area contributed by atoms with Crippen LogP contribution in [-0.2, 0) is 14.8 Å². The van der Waals surface area contributed by atoms with Crippen molar-refractivity contribution < 1.29 is 22.7 Å². The number of ketones is 2. The van der Waals surface area contributed by atoms with Gasteiger partial charge in [0.05, 0.1) is 24.7 Å². The maximum absolute atomic E-state index is 12.9. The van der Waals surface area contributed by atoms with Crippen LogP contribution >= 0.6 is 0 Å². The lowest BCUT2D eigenvalue weighted by molar-refractivity contribution is 0.0730. The average Bonchev–Trinajstić information content (AvgIpc) is 2.88. The quantitative estimate of drug-likeness (QED) is 0.515. The molecular formula is C25H24N2O5S. The van der Waals surface area contributed by atoms with Gasteiger partial charge in [-0.25, -0.2) is 8.42 Å². The van der Waals surface area contributed by atoms with Gasteiger partial charge in [-0.2, -0.15) is 4.31 Å². The number of sulfonamides is 1. The van der Waals surface area contributed by atoms with E-state index >= 15 is 0 Å². The number of anilines is 1. The number of morpholine rings is 1. The topological polar surface area (TPSA) is 92.8 Å². The van der Waals surface area contributed by atoms with Crippen molar-refractivity contribution in [3.8, 4) is 0 Å². The summed E-state index contributed by atoms with van der Waals surface area (Å²) in [4.78, 5) is 25.7. The summed E-state index contributed by atoms with van der Waals surface area (Å²) in [6, 6.07) is 21.9. The monoisotopic (exact) mass is 464 g/mol. The third-order valence-electron chi connectivity index (χ3n) is 5.43. The Morgan fingerprint density at radius 3 is 2.15 bits per heavy atom. The van der Waals surface area contributed by atoms with E-state index in [0.29, 0.717) is 48.7 Å². The van der Waals surface area contributed by atoms with Crippen LogP contribution in [0.4, 0.5) is 5.69 Å². The molecular weight excluding hydrogens is 440 g/mol. The Morgan fingerprint density at radius 2 is 1.45 bits per heavy atom. The van der Waals surface area contributed by atoms with Gasteiger partial charge in [0.25, 0.3) is 0 Å². The van der Waals surface area contributed by atoms with Crippen molar-refractivity contribution in [1.29, 1.82) is 0 Å². The minimum atomic E-state index is -3.61. The Hall–Kier alpha value is -3.33. The summed E-state index contributed by atoms with van der Waals surface area (Å²) in [7, 11) is -3.61. The number of carbonyl (C=O) groups excluding carboxylic acids is 2. The summed E-state index contributed by atoms with van der Waals surface area (Å²) in [5, 5.41) is 3.05. The summed E-state index contributed by atoms with van der Waals surface area (Å²) < 4.78 is 32.1. The normalized spacial score (nSPS) is 14.5. The molecule has 1 aliphatic heterocycles. The summed E-state index contributed by atoms with van der Waals surface area (Å²) in [6.45, 7) is 1.34. The van der Waals surface area contributed by atoms with E-state index in [-0.39, 0.29) is 23.0 Å². The lowest BCUT2D eigenvalue weighted by atomic mass is 10.0. The van der Waals surface area contributed by atoms with E-state index in [4.69, 9.17) is 4.74 Å². The summed E-state index contributed by atoms with van der Waals surface area (Å²) in [5.74, 6) is -0.351. The van der Waals surface area contributed by atoms with E-state index in [1.807, 2.05) is 6.07 Å². The molecule has 4 rings (SSSR count). The molecule has 8 heteroatoms. The third-order valence-corrected chi connectivity index (χ3v) is 7.34. The van der Waals surface area contributed by atoms with Crippen molar-refractivity contribution in [2.45, 2.75) is 4.90 Å². The fourth-order valence-corrected chi connectivity index (χ4v) is 5.01. The van der Waals surface area contributed by atoms with Gasteiger partial charge >= 0.3 is 0 Å². The van der Waals surface area contributed by atoms with Gasteiger partial charge in [-0.1, -0.05) is 42.5 Å². The number of ether oxygens (including phenoxy) is 1. The van der Waals surface area contributed by atoms with Crippen LogP contribution in [0.25, 0.3) is 0 Å². The molecule has 0 spiro atoms. The van der Waals surface area contributed by atoms with Crippen molar-refractivity contribution in [2.24, 2.45) is 0 Å². The Morgan fingerprint density at radius 1 is 0.818 bits per heavy atom. The molecule has 170 valence electrons. The van der Waals surface area contributed by atoms with Crippen LogP contribution in [0.1, 0.15) is 26.3 Å². The standard InChI is InChI=1S/C25H24N2O5S/c28-24(19-10-12-21(13-11-19)33(30,31)27-14-16-32-17-15-27)18-26-23-9-5-4-8-22(23)25(29)20-6-2-1-3-7-20/h1-13,26H,14-18H2. The number of Topliss-reactive ketones (excluding diaryl/α,β-unsaturated/α-hetero) is 1. The maximum Gasteiger partial charge on any atom is 0.243 e. The van der Waals surface area contributed by atoms with Gasteiger partial charge in [0.1, 0.15) is 0 Å². The molecule has 3 aromatic carbocycles. The Labute approximate surface area is 193 Å². The van der Waals surface area contributed by atoms with E-state index in [0.717, 1.165) is 0 Å². The fourth-order valence-electron chi connectivity index (χ4n) is 3.61. The van der Waals surface area contributed by atoms with Gasteiger partial charge < -0.3 is 10.1 Å². The van der Waals surface area contributed by atoms with E-state index in [9.17, 15) is 18.0 Å². The lowest BCUT2D eigenvalue weighted by Crippen LogP contribution is -2.40. The molecule has 0 bridgehead atoms. The Balaban J connectivity index is 1.44. The van der Waals surface area contributed by atoms with Gasteiger partial charge in [0.15, 0.2) is 11.6 Å². The third kappa shape index (κ3) is 5.19. The highest BCUT2D eigenvalue weighted by molar-refractivity contribution is 7.89. The van der Waals surface area contributed by atoms with Crippen molar-refractivity contribution in [3.63, 3.8) is 0 Å². The van der Waals surface area contributed by atoms with Crippen LogP contribution in [0.5, 0.6) is 0 Å². The average molecular weight is 465 g/mol. The maximum atomic E-state index is 12.9. The van der Waals surface area contributed by atoms with Gasteiger partial charge in [-0.05, 0) is 36.4 Å². The second-order valence-electron chi connectivity index (χ2n) is 7.56. The molecule has 0 radical (unpaired) electrons. The van der Waals surface area contributed by atoms with Gasteiger partial charge in [-0.3, -0.25) is 9.59 Å². The van der Waals surface area contributed by atoms with Crippen LogP contribution in [0.2, 0.25) is 0 Å². The van der Waals surface area contributed by atoms with Crippen LogP contribution < -0.4 is 5.32 Å². The molecule has 1 N–H and O–H groups in total. The number of hydrogen-bond donors (Lipinski definition) is 1. The lowest BCUT2D eigenvalue weighted by Gasteiger charge is -2.26. The summed E-state index contributed by atoms with van der Waals surface area (Å²) in [5.41, 5.74) is 1.99. The molecule has 1 aliphatic rings. The summed E-state index contributed by atoms with van der Waals surface area (Å²) >= 11 is 0. The molecule has 1 saturated heterocycles. The predicted octanol–water partition coefficient (Wildman–Crippen LogP) is 3.23. The Bertz CT molecular complexity index is 1240. The van der Waals surface area contributed by atoms with Crippen molar-refractivity contribution in [3.05, 3.63) is 95.6 Å². The van der Waals surface area contributed by atoms with E-state index in [2.05, 4.69) is 5.32 Å². The van der Waals surface area contributed by atoms with Gasteiger partial charge in [0, 0.05) is 35.5 Å². The van der Waals surface area contributed by atoms with E-state index < -0.39 is 10.0 Å². The number of para-hydroxylation sites is 1. The Kier molecular flexibility index (Phi) is 6.98. The number of nitrogens with zero attached hydrogens (tertiary/aromatic N) is 1. The molecule has 7 nitrogen and oxygen atoms in total. The molecule has 0 aliphatic carbocycles. The van der Waals surface area contributed by atoms with Crippen molar-refractivity contribution in [1.82, 2.24) is 4.31 Å². The highest BCUT2D eigenvalue weighted by atomic mass is 32.2.